The van der Waals surface area contributed by atoms with E-state index < -0.39 is 10.1 Å². The van der Waals surface area contributed by atoms with Gasteiger partial charge in [0.25, 0.3) is 0 Å². The molecule has 0 aliphatic rings. The first kappa shape index (κ1) is 11.2. The van der Waals surface area contributed by atoms with Crippen LogP contribution in [0.3, 0.4) is 0 Å². The van der Waals surface area contributed by atoms with Crippen molar-refractivity contribution in [2.75, 3.05) is 6.26 Å². The molecular formula is C8H8BrNO3S. The summed E-state index contributed by atoms with van der Waals surface area (Å²) in [5.74, 6) is 0. The Balaban J connectivity index is 2.65. The number of hydrogen-bond donors (Lipinski definition) is 0. The van der Waals surface area contributed by atoms with E-state index in [1.54, 1.807) is 12.1 Å². The van der Waals surface area contributed by atoms with Gasteiger partial charge in [0, 0.05) is 4.47 Å². The Bertz CT molecular complexity index is 424. The molecule has 0 atom stereocenters. The molecule has 76 valence electrons. The fourth-order valence-corrected chi connectivity index (χ4v) is 1.17. The van der Waals surface area contributed by atoms with Crippen molar-refractivity contribution in [3.63, 3.8) is 0 Å². The van der Waals surface area contributed by atoms with Crippen molar-refractivity contribution in [2.45, 2.75) is 0 Å². The van der Waals surface area contributed by atoms with E-state index in [4.69, 9.17) is 0 Å². The molecule has 0 aliphatic carbocycles. The maximum absolute atomic E-state index is 10.5. The van der Waals surface area contributed by atoms with Gasteiger partial charge in [0.2, 0.25) is 0 Å². The Hall–Kier alpha value is -0.880. The van der Waals surface area contributed by atoms with Gasteiger partial charge in [-0.05, 0) is 17.7 Å². The predicted octanol–water partition coefficient (Wildman–Crippen LogP) is 1.76. The van der Waals surface area contributed by atoms with Crippen LogP contribution in [0.1, 0.15) is 5.56 Å². The van der Waals surface area contributed by atoms with E-state index in [1.807, 2.05) is 12.1 Å². The Morgan fingerprint density at radius 1 is 1.36 bits per heavy atom. The lowest BCUT2D eigenvalue weighted by Gasteiger charge is -1.93. The van der Waals surface area contributed by atoms with E-state index >= 15 is 0 Å². The number of benzene rings is 1. The van der Waals surface area contributed by atoms with Gasteiger partial charge in [-0.1, -0.05) is 33.2 Å². The highest BCUT2D eigenvalue weighted by atomic mass is 79.9. The standard InChI is InChI=1S/C8H8BrNO3S/c1-14(11,12)13-10-6-7-2-4-8(9)5-3-7/h2-6H,1H3/b10-6+. The molecule has 0 amide bonds. The minimum absolute atomic E-state index is 0.761. The molecule has 0 fully saturated rings. The molecule has 1 rings (SSSR count). The van der Waals surface area contributed by atoms with Crippen LogP contribution in [0.15, 0.2) is 33.9 Å². The lowest BCUT2D eigenvalue weighted by Crippen LogP contribution is -1.97. The molecule has 0 saturated carbocycles. The van der Waals surface area contributed by atoms with Crippen LogP contribution in [0, 0.1) is 0 Å². The zero-order valence-corrected chi connectivity index (χ0v) is 9.75. The van der Waals surface area contributed by atoms with Crippen molar-refractivity contribution in [1.82, 2.24) is 0 Å². The molecule has 1 aromatic carbocycles. The normalized spacial score (nSPS) is 11.9. The summed E-state index contributed by atoms with van der Waals surface area (Å²) in [7, 11) is -3.51. The van der Waals surface area contributed by atoms with E-state index in [2.05, 4.69) is 25.4 Å². The third-order valence-electron chi connectivity index (χ3n) is 1.25. The van der Waals surface area contributed by atoms with Crippen molar-refractivity contribution in [3.05, 3.63) is 34.3 Å². The molecule has 6 heteroatoms. The maximum atomic E-state index is 10.5. The van der Waals surface area contributed by atoms with Gasteiger partial charge in [-0.25, -0.2) is 0 Å². The van der Waals surface area contributed by atoms with Gasteiger partial charge in [-0.15, -0.1) is 0 Å². The number of nitrogens with zero attached hydrogens (tertiary/aromatic N) is 1. The summed E-state index contributed by atoms with van der Waals surface area (Å²) in [5, 5.41) is 3.31. The lowest BCUT2D eigenvalue weighted by atomic mass is 10.2. The van der Waals surface area contributed by atoms with Crippen LogP contribution < -0.4 is 0 Å². The molecular weight excluding hydrogens is 270 g/mol. The summed E-state index contributed by atoms with van der Waals surface area (Å²) >= 11 is 3.27. The molecule has 0 aromatic heterocycles. The van der Waals surface area contributed by atoms with Crippen molar-refractivity contribution >= 4 is 32.3 Å². The van der Waals surface area contributed by atoms with Gasteiger partial charge >= 0.3 is 10.1 Å². The SMILES string of the molecule is CS(=O)(=O)O/N=C/c1ccc(Br)cc1. The lowest BCUT2D eigenvalue weighted by molar-refractivity contribution is 0.345. The van der Waals surface area contributed by atoms with Gasteiger partial charge in [-0.2, -0.15) is 8.42 Å². The van der Waals surface area contributed by atoms with Gasteiger partial charge in [0.05, 0.1) is 12.5 Å². The zero-order chi connectivity index (χ0) is 10.6. The van der Waals surface area contributed by atoms with Crippen LogP contribution >= 0.6 is 15.9 Å². The summed E-state index contributed by atoms with van der Waals surface area (Å²) in [5.41, 5.74) is 0.761. The van der Waals surface area contributed by atoms with Crippen molar-refractivity contribution in [2.24, 2.45) is 5.16 Å². The minimum Gasteiger partial charge on any atom is -0.269 e. The summed E-state index contributed by atoms with van der Waals surface area (Å²) < 4.78 is 26.2. The fourth-order valence-electron chi connectivity index (χ4n) is 0.709. The molecule has 0 aliphatic heterocycles. The highest BCUT2D eigenvalue weighted by Crippen LogP contribution is 2.09. The molecule has 14 heavy (non-hydrogen) atoms. The molecule has 0 spiro atoms. The smallest absolute Gasteiger partial charge is 0.269 e. The fraction of sp³-hybridized carbons (Fsp3) is 0.125. The number of hydrogen-bond acceptors (Lipinski definition) is 4. The minimum atomic E-state index is -3.51. The van der Waals surface area contributed by atoms with E-state index in [-0.39, 0.29) is 0 Å². The first-order chi connectivity index (χ1) is 6.47. The van der Waals surface area contributed by atoms with Crippen LogP contribution in [-0.2, 0) is 14.4 Å². The van der Waals surface area contributed by atoms with Gasteiger partial charge in [0.15, 0.2) is 0 Å². The summed E-state index contributed by atoms with van der Waals surface area (Å²) in [4.78, 5) is 0. The topological polar surface area (TPSA) is 55.7 Å². The Labute approximate surface area is 90.8 Å². The van der Waals surface area contributed by atoms with E-state index in [1.165, 1.54) is 6.21 Å². The molecule has 1 aromatic rings. The maximum Gasteiger partial charge on any atom is 0.325 e. The van der Waals surface area contributed by atoms with Crippen LogP contribution in [0.4, 0.5) is 0 Å². The van der Waals surface area contributed by atoms with Gasteiger partial charge in [-0.3, -0.25) is 4.28 Å². The summed E-state index contributed by atoms with van der Waals surface area (Å²) in [6, 6.07) is 7.20. The Morgan fingerprint density at radius 3 is 2.43 bits per heavy atom. The third-order valence-corrected chi connectivity index (χ3v) is 2.14. The first-order valence-corrected chi connectivity index (χ1v) is 6.26. The summed E-state index contributed by atoms with van der Waals surface area (Å²) in [6.45, 7) is 0. The second kappa shape index (κ2) is 4.56. The third kappa shape index (κ3) is 4.38. The Kier molecular flexibility index (Phi) is 3.65. The monoisotopic (exact) mass is 277 g/mol. The molecule has 0 unspecified atom stereocenters. The molecule has 0 N–H and O–H groups in total. The predicted molar refractivity (Wildman–Crippen MR) is 57.7 cm³/mol. The molecule has 0 heterocycles. The second-order valence-electron chi connectivity index (χ2n) is 2.56. The van der Waals surface area contributed by atoms with E-state index in [0.29, 0.717) is 0 Å². The van der Waals surface area contributed by atoms with Crippen LogP contribution in [0.5, 0.6) is 0 Å². The Morgan fingerprint density at radius 2 is 1.93 bits per heavy atom. The van der Waals surface area contributed by atoms with E-state index in [0.717, 1.165) is 16.3 Å². The summed E-state index contributed by atoms with van der Waals surface area (Å²) in [6.07, 6.45) is 2.26. The number of oxime groups is 1. The molecule has 0 bridgehead atoms. The highest BCUT2D eigenvalue weighted by Gasteiger charge is 1.97. The molecule has 0 saturated heterocycles. The van der Waals surface area contributed by atoms with Crippen molar-refractivity contribution < 1.29 is 12.7 Å². The van der Waals surface area contributed by atoms with Crippen molar-refractivity contribution in [1.29, 1.82) is 0 Å². The second-order valence-corrected chi connectivity index (χ2v) is 5.04. The van der Waals surface area contributed by atoms with E-state index in [9.17, 15) is 8.42 Å². The largest absolute Gasteiger partial charge is 0.325 e. The number of halogens is 1. The number of rotatable bonds is 3. The van der Waals surface area contributed by atoms with Gasteiger partial charge in [0.1, 0.15) is 0 Å². The average Bonchev–Trinajstić information content (AvgIpc) is 2.06. The first-order valence-electron chi connectivity index (χ1n) is 3.65. The van der Waals surface area contributed by atoms with Crippen LogP contribution in [-0.4, -0.2) is 20.9 Å². The van der Waals surface area contributed by atoms with Crippen molar-refractivity contribution in [3.8, 4) is 0 Å². The van der Waals surface area contributed by atoms with Gasteiger partial charge < -0.3 is 0 Å². The quantitative estimate of drug-likeness (QED) is 0.625. The zero-order valence-electron chi connectivity index (χ0n) is 7.34. The van der Waals surface area contributed by atoms with Crippen LogP contribution in [0.25, 0.3) is 0 Å². The highest BCUT2D eigenvalue weighted by molar-refractivity contribution is 9.10. The van der Waals surface area contributed by atoms with Crippen LogP contribution in [0.2, 0.25) is 0 Å². The molecule has 4 nitrogen and oxygen atoms in total. The molecule has 0 radical (unpaired) electrons. The average molecular weight is 278 g/mol.